The number of aliphatic hydroxyl groups is 1. The van der Waals surface area contributed by atoms with Crippen LogP contribution in [-0.2, 0) is 26.2 Å². The van der Waals surface area contributed by atoms with Crippen LogP contribution in [-0.4, -0.2) is 14.9 Å². The largest absolute Gasteiger partial charge is 0.392 e. The van der Waals surface area contributed by atoms with E-state index in [4.69, 9.17) is 5.11 Å². The van der Waals surface area contributed by atoms with Crippen LogP contribution in [0.3, 0.4) is 0 Å². The first-order chi connectivity index (χ1) is 9.22. The van der Waals surface area contributed by atoms with E-state index in [-0.39, 0.29) is 12.4 Å². The molecule has 0 aliphatic heterocycles. The van der Waals surface area contributed by atoms with Gasteiger partial charge in [-0.2, -0.15) is 5.10 Å². The van der Waals surface area contributed by atoms with Crippen molar-refractivity contribution >= 4 is 0 Å². The van der Waals surface area contributed by atoms with Gasteiger partial charge in [-0.15, -0.1) is 0 Å². The molecule has 1 aromatic heterocycles. The van der Waals surface area contributed by atoms with Crippen LogP contribution in [0.25, 0.3) is 0 Å². The molecule has 0 unspecified atom stereocenters. The maximum Gasteiger partial charge on any atom is 0.128 e. The predicted octanol–water partition coefficient (Wildman–Crippen LogP) is 1.82. The van der Waals surface area contributed by atoms with Crippen molar-refractivity contribution in [2.24, 2.45) is 0 Å². The summed E-state index contributed by atoms with van der Waals surface area (Å²) in [5.74, 6) is -0.365. The number of benzene rings is 1. The van der Waals surface area contributed by atoms with Crippen molar-refractivity contribution in [2.75, 3.05) is 0 Å². The van der Waals surface area contributed by atoms with E-state index >= 15 is 0 Å². The van der Waals surface area contributed by atoms with E-state index in [1.165, 1.54) is 6.07 Å². The van der Waals surface area contributed by atoms with Gasteiger partial charge >= 0.3 is 0 Å². The van der Waals surface area contributed by atoms with Gasteiger partial charge in [0.05, 0.1) is 12.8 Å². The molecule has 0 bridgehead atoms. The fourth-order valence-electron chi connectivity index (χ4n) is 1.88. The number of nitrogens with zero attached hydrogens (tertiary/aromatic N) is 2. The lowest BCUT2D eigenvalue weighted by molar-refractivity contribution is 0.275. The van der Waals surface area contributed by atoms with Gasteiger partial charge in [0.25, 0.3) is 0 Å². The molecule has 19 heavy (non-hydrogen) atoms. The summed E-state index contributed by atoms with van der Waals surface area (Å²) in [7, 11) is 0. The quantitative estimate of drug-likeness (QED) is 0.836. The number of nitrogens with one attached hydrogen (secondary N) is 1. The van der Waals surface area contributed by atoms with Gasteiger partial charge in [-0.05, 0) is 24.6 Å². The minimum absolute atomic E-state index is 0.275. The molecule has 0 fully saturated rings. The fraction of sp³-hybridized carbons (Fsp3) is 0.357. The minimum atomic E-state index is -0.365. The first-order valence-corrected chi connectivity index (χ1v) is 6.33. The van der Waals surface area contributed by atoms with Crippen molar-refractivity contribution in [2.45, 2.75) is 33.2 Å². The van der Waals surface area contributed by atoms with Crippen molar-refractivity contribution < 1.29 is 9.50 Å². The third-order valence-corrected chi connectivity index (χ3v) is 2.95. The van der Waals surface area contributed by atoms with Crippen LogP contribution in [0.2, 0.25) is 0 Å². The molecule has 0 aliphatic carbocycles. The number of hydrogen-bond donors (Lipinski definition) is 2. The van der Waals surface area contributed by atoms with Gasteiger partial charge in [0.15, 0.2) is 0 Å². The molecule has 4 nitrogen and oxygen atoms in total. The second-order valence-electron chi connectivity index (χ2n) is 4.39. The smallest absolute Gasteiger partial charge is 0.128 e. The molecule has 1 aromatic carbocycles. The van der Waals surface area contributed by atoms with Crippen molar-refractivity contribution in [3.05, 3.63) is 53.1 Å². The van der Waals surface area contributed by atoms with E-state index in [9.17, 15) is 4.39 Å². The van der Waals surface area contributed by atoms with Crippen LogP contribution in [0.4, 0.5) is 4.39 Å². The molecule has 2 rings (SSSR count). The van der Waals surface area contributed by atoms with Crippen LogP contribution in [0.15, 0.2) is 30.6 Å². The van der Waals surface area contributed by atoms with Crippen LogP contribution in [0.5, 0.6) is 0 Å². The molecule has 1 heterocycles. The van der Waals surface area contributed by atoms with Crippen molar-refractivity contribution in [1.82, 2.24) is 15.1 Å². The highest BCUT2D eigenvalue weighted by Crippen LogP contribution is 2.10. The third-order valence-electron chi connectivity index (χ3n) is 2.95. The number of rotatable bonds is 6. The number of hydrogen-bond acceptors (Lipinski definition) is 3. The van der Waals surface area contributed by atoms with Gasteiger partial charge in [-0.1, -0.05) is 6.07 Å². The molecule has 0 saturated heterocycles. The molecule has 2 N–H and O–H groups in total. The van der Waals surface area contributed by atoms with Gasteiger partial charge in [0.1, 0.15) is 5.82 Å². The zero-order valence-electron chi connectivity index (χ0n) is 10.9. The second-order valence-corrected chi connectivity index (χ2v) is 4.39. The molecule has 5 heteroatoms. The van der Waals surface area contributed by atoms with E-state index < -0.39 is 0 Å². The molecule has 0 atom stereocenters. The number of aliphatic hydroxyl groups excluding tert-OH is 1. The van der Waals surface area contributed by atoms with E-state index in [1.807, 2.05) is 24.0 Å². The monoisotopic (exact) mass is 263 g/mol. The molecule has 0 amide bonds. The summed E-state index contributed by atoms with van der Waals surface area (Å²) in [4.78, 5) is 0. The lowest BCUT2D eigenvalue weighted by Crippen LogP contribution is -2.12. The Bertz CT molecular complexity index is 539. The maximum atomic E-state index is 13.2. The molecule has 0 spiro atoms. The summed E-state index contributed by atoms with van der Waals surface area (Å²) in [5.41, 5.74) is 2.40. The van der Waals surface area contributed by atoms with Gasteiger partial charge < -0.3 is 10.4 Å². The molecular weight excluding hydrogens is 245 g/mol. The van der Waals surface area contributed by atoms with Crippen molar-refractivity contribution in [1.29, 1.82) is 0 Å². The number of aromatic nitrogens is 2. The predicted molar refractivity (Wildman–Crippen MR) is 70.8 cm³/mol. The summed E-state index contributed by atoms with van der Waals surface area (Å²) in [6, 6.07) is 4.78. The lowest BCUT2D eigenvalue weighted by Gasteiger charge is -2.06. The topological polar surface area (TPSA) is 50.1 Å². The van der Waals surface area contributed by atoms with E-state index in [0.717, 1.165) is 17.7 Å². The van der Waals surface area contributed by atoms with E-state index in [0.29, 0.717) is 18.7 Å². The molecule has 0 saturated carbocycles. The van der Waals surface area contributed by atoms with Gasteiger partial charge in [0, 0.05) is 37.0 Å². The Morgan fingerprint density at radius 2 is 2.11 bits per heavy atom. The van der Waals surface area contributed by atoms with Gasteiger partial charge in [-0.3, -0.25) is 4.68 Å². The van der Waals surface area contributed by atoms with Crippen LogP contribution in [0.1, 0.15) is 23.6 Å². The highest BCUT2D eigenvalue weighted by molar-refractivity contribution is 5.24. The van der Waals surface area contributed by atoms with E-state index in [1.54, 1.807) is 12.1 Å². The first-order valence-electron chi connectivity index (χ1n) is 6.33. The Labute approximate surface area is 111 Å². The molecular formula is C14H18FN3O. The maximum absolute atomic E-state index is 13.2. The summed E-state index contributed by atoms with van der Waals surface area (Å²) in [5, 5.41) is 16.5. The average Bonchev–Trinajstić information content (AvgIpc) is 2.88. The highest BCUT2D eigenvalue weighted by Gasteiger charge is 2.03. The van der Waals surface area contributed by atoms with E-state index in [2.05, 4.69) is 10.4 Å². The number of halogens is 1. The second kappa shape index (κ2) is 6.45. The first kappa shape index (κ1) is 13.7. The molecule has 0 radical (unpaired) electrons. The summed E-state index contributed by atoms with van der Waals surface area (Å²) in [6.07, 6.45) is 3.83. The Balaban J connectivity index is 1.88. The van der Waals surface area contributed by atoms with Crippen molar-refractivity contribution in [3.63, 3.8) is 0 Å². The molecule has 102 valence electrons. The third kappa shape index (κ3) is 3.62. The SMILES string of the molecule is CCn1cc(CNCc2ccc(F)c(CO)c2)cn1. The van der Waals surface area contributed by atoms with Crippen LogP contribution < -0.4 is 5.32 Å². The van der Waals surface area contributed by atoms with Gasteiger partial charge in [0.2, 0.25) is 0 Å². The molecule has 2 aromatic rings. The normalized spacial score (nSPS) is 10.9. The Kier molecular flexibility index (Phi) is 4.65. The van der Waals surface area contributed by atoms with Crippen LogP contribution >= 0.6 is 0 Å². The standard InChI is InChI=1S/C14H18FN3O/c1-2-18-9-12(8-17-18)7-16-6-11-3-4-14(15)13(5-11)10-19/h3-5,8-9,16,19H,2,6-7,10H2,1H3. The Morgan fingerprint density at radius 3 is 2.79 bits per heavy atom. The summed E-state index contributed by atoms with van der Waals surface area (Å²) < 4.78 is 15.1. The number of aryl methyl sites for hydroxylation is 1. The zero-order chi connectivity index (χ0) is 13.7. The fourth-order valence-corrected chi connectivity index (χ4v) is 1.88. The summed E-state index contributed by atoms with van der Waals surface area (Å²) >= 11 is 0. The highest BCUT2D eigenvalue weighted by atomic mass is 19.1. The molecule has 0 aliphatic rings. The zero-order valence-corrected chi connectivity index (χ0v) is 10.9. The average molecular weight is 263 g/mol. The minimum Gasteiger partial charge on any atom is -0.392 e. The lowest BCUT2D eigenvalue weighted by atomic mass is 10.1. The van der Waals surface area contributed by atoms with Crippen molar-refractivity contribution in [3.8, 4) is 0 Å². The Hall–Kier alpha value is -1.72. The van der Waals surface area contributed by atoms with Gasteiger partial charge in [-0.25, -0.2) is 4.39 Å². The Morgan fingerprint density at radius 1 is 1.32 bits per heavy atom. The van der Waals surface area contributed by atoms with Crippen LogP contribution in [0, 0.1) is 5.82 Å². The summed E-state index contributed by atoms with van der Waals surface area (Å²) in [6.45, 7) is 3.97.